The van der Waals surface area contributed by atoms with Gasteiger partial charge in [0.05, 0.1) is 18.2 Å². The van der Waals surface area contributed by atoms with E-state index in [-0.39, 0.29) is 0 Å². The summed E-state index contributed by atoms with van der Waals surface area (Å²) >= 11 is 0. The molecule has 0 aliphatic carbocycles. The molecule has 0 N–H and O–H groups in total. The third kappa shape index (κ3) is 7.54. The summed E-state index contributed by atoms with van der Waals surface area (Å²) in [6, 6.07) is 78.7. The molecule has 0 atom stereocenters. The Labute approximate surface area is 383 Å². The zero-order valence-corrected chi connectivity index (χ0v) is 35.6. The van der Waals surface area contributed by atoms with E-state index in [9.17, 15) is 5.26 Å². The summed E-state index contributed by atoms with van der Waals surface area (Å²) in [6.45, 7) is 8.21. The van der Waals surface area contributed by atoms with Crippen molar-refractivity contribution in [1.29, 1.82) is 5.26 Å². The standard InChI is InChI=1S/C61H37N5/c1-63-57-38-50(42-25-29-45(30-26-42)55-20-10-14-46-32-31-43-11-5-6-18-54(43)58(46)55)35-36-53(57)51-16-9-15-49(37-51)41-27-33-48(34-28-41)60-64-59(47-12-3-2-4-13-47)65-61(66-60)56-19-8-7-17-52(56)44-23-21-40(39-62)22-24-44/h2-38H. The van der Waals surface area contributed by atoms with Gasteiger partial charge in [0.15, 0.2) is 23.2 Å². The predicted molar refractivity (Wildman–Crippen MR) is 269 cm³/mol. The lowest BCUT2D eigenvalue weighted by Crippen LogP contribution is -2.01. The van der Waals surface area contributed by atoms with E-state index in [1.165, 1.54) is 27.1 Å². The van der Waals surface area contributed by atoms with Crippen LogP contribution in [-0.4, -0.2) is 15.0 Å². The molecule has 10 aromatic carbocycles. The molecule has 0 fully saturated rings. The fourth-order valence-corrected chi connectivity index (χ4v) is 8.86. The van der Waals surface area contributed by atoms with Gasteiger partial charge in [-0.05, 0) is 101 Å². The number of fused-ring (bicyclic) bond motifs is 3. The van der Waals surface area contributed by atoms with Crippen molar-refractivity contribution < 1.29 is 0 Å². The maximum Gasteiger partial charge on any atom is 0.195 e. The van der Waals surface area contributed by atoms with Crippen LogP contribution in [0, 0.1) is 17.9 Å². The van der Waals surface area contributed by atoms with Crippen molar-refractivity contribution in [3.8, 4) is 95.9 Å². The van der Waals surface area contributed by atoms with Crippen LogP contribution >= 0.6 is 0 Å². The number of benzene rings is 10. The smallest absolute Gasteiger partial charge is 0.195 e. The summed E-state index contributed by atoms with van der Waals surface area (Å²) in [7, 11) is 0. The van der Waals surface area contributed by atoms with Crippen LogP contribution in [0.2, 0.25) is 0 Å². The molecular formula is C61H37N5. The Morgan fingerprint density at radius 1 is 0.348 bits per heavy atom. The quantitative estimate of drug-likeness (QED) is 0.113. The van der Waals surface area contributed by atoms with E-state index in [1.54, 1.807) is 0 Å². The molecular weight excluding hydrogens is 803 g/mol. The van der Waals surface area contributed by atoms with Gasteiger partial charge in [0.1, 0.15) is 0 Å². The minimum Gasteiger partial charge on any atom is -0.237 e. The van der Waals surface area contributed by atoms with Gasteiger partial charge < -0.3 is 0 Å². The Balaban J connectivity index is 0.887. The molecule has 0 amide bonds. The van der Waals surface area contributed by atoms with Crippen LogP contribution in [0.5, 0.6) is 0 Å². The number of nitriles is 1. The minimum absolute atomic E-state index is 0.559. The van der Waals surface area contributed by atoms with Gasteiger partial charge in [-0.1, -0.05) is 200 Å². The topological polar surface area (TPSA) is 66.8 Å². The van der Waals surface area contributed by atoms with E-state index in [4.69, 9.17) is 21.5 Å². The summed E-state index contributed by atoms with van der Waals surface area (Å²) in [4.78, 5) is 19.1. The first-order valence-corrected chi connectivity index (χ1v) is 21.8. The molecule has 1 heterocycles. The number of hydrogen-bond donors (Lipinski definition) is 0. The average molecular weight is 840 g/mol. The van der Waals surface area contributed by atoms with Crippen LogP contribution in [-0.2, 0) is 0 Å². The molecule has 306 valence electrons. The van der Waals surface area contributed by atoms with Gasteiger partial charge in [-0.3, -0.25) is 0 Å². The third-order valence-electron chi connectivity index (χ3n) is 12.2. The van der Waals surface area contributed by atoms with Gasteiger partial charge >= 0.3 is 0 Å². The SMILES string of the molecule is [C-]#[N+]c1cc(-c2ccc(-c3cccc4ccc5ccccc5c34)cc2)ccc1-c1cccc(-c2ccc(-c3nc(-c4ccccc4)nc(-c4ccccc4-c4ccc(C#N)cc4)n3)cc2)c1. The van der Waals surface area contributed by atoms with Crippen LogP contribution in [0.4, 0.5) is 5.69 Å². The highest BCUT2D eigenvalue weighted by atomic mass is 15.0. The number of rotatable bonds is 8. The highest BCUT2D eigenvalue weighted by Gasteiger charge is 2.17. The maximum absolute atomic E-state index is 9.39. The van der Waals surface area contributed by atoms with Crippen molar-refractivity contribution in [3.05, 3.63) is 241 Å². The predicted octanol–water partition coefficient (Wildman–Crippen LogP) is 15.9. The zero-order valence-electron chi connectivity index (χ0n) is 35.6. The fourth-order valence-electron chi connectivity index (χ4n) is 8.86. The van der Waals surface area contributed by atoms with Gasteiger partial charge in [-0.15, -0.1) is 0 Å². The molecule has 0 aliphatic rings. The summed E-state index contributed by atoms with van der Waals surface area (Å²) in [6.07, 6.45) is 0. The molecule has 0 unspecified atom stereocenters. The van der Waals surface area contributed by atoms with Gasteiger partial charge in [0, 0.05) is 16.7 Å². The Kier molecular flexibility index (Phi) is 10.3. The second-order valence-corrected chi connectivity index (χ2v) is 16.2. The highest BCUT2D eigenvalue weighted by molar-refractivity contribution is 6.14. The lowest BCUT2D eigenvalue weighted by molar-refractivity contribution is 1.07. The van der Waals surface area contributed by atoms with E-state index < -0.39 is 0 Å². The molecule has 0 saturated heterocycles. The molecule has 0 aliphatic heterocycles. The summed E-state index contributed by atoms with van der Waals surface area (Å²) < 4.78 is 0. The summed E-state index contributed by atoms with van der Waals surface area (Å²) in [5.74, 6) is 1.70. The Hall–Kier alpha value is -9.29. The third-order valence-corrected chi connectivity index (χ3v) is 12.2. The van der Waals surface area contributed by atoms with E-state index in [0.29, 0.717) is 28.7 Å². The molecule has 0 radical (unpaired) electrons. The van der Waals surface area contributed by atoms with Gasteiger partial charge in [0.2, 0.25) is 0 Å². The van der Waals surface area contributed by atoms with E-state index in [0.717, 1.165) is 66.8 Å². The van der Waals surface area contributed by atoms with Gasteiger partial charge in [0.25, 0.3) is 0 Å². The van der Waals surface area contributed by atoms with Crippen molar-refractivity contribution in [2.75, 3.05) is 0 Å². The molecule has 11 rings (SSSR count). The Morgan fingerprint density at radius 3 is 1.59 bits per heavy atom. The van der Waals surface area contributed by atoms with Crippen LogP contribution in [0.25, 0.3) is 116 Å². The molecule has 66 heavy (non-hydrogen) atoms. The first-order chi connectivity index (χ1) is 32.6. The largest absolute Gasteiger partial charge is 0.237 e. The lowest BCUT2D eigenvalue weighted by atomic mass is 9.92. The van der Waals surface area contributed by atoms with Crippen LogP contribution in [0.3, 0.4) is 0 Å². The summed E-state index contributed by atoms with van der Waals surface area (Å²) in [5, 5.41) is 14.4. The van der Waals surface area contributed by atoms with Crippen LogP contribution < -0.4 is 0 Å². The fraction of sp³-hybridized carbons (Fsp3) is 0. The monoisotopic (exact) mass is 839 g/mol. The highest BCUT2D eigenvalue weighted by Crippen LogP contribution is 2.39. The second-order valence-electron chi connectivity index (χ2n) is 16.2. The summed E-state index contributed by atoms with van der Waals surface area (Å²) in [5.41, 5.74) is 14.1. The Bertz CT molecular complexity index is 3690. The van der Waals surface area contributed by atoms with E-state index >= 15 is 0 Å². The first kappa shape index (κ1) is 39.5. The maximum atomic E-state index is 9.39. The molecule has 0 spiro atoms. The van der Waals surface area contributed by atoms with Gasteiger partial charge in [-0.25, -0.2) is 19.8 Å². The number of nitrogens with zero attached hydrogens (tertiary/aromatic N) is 5. The normalized spacial score (nSPS) is 11.0. The van der Waals surface area contributed by atoms with Crippen LogP contribution in [0.1, 0.15) is 5.56 Å². The van der Waals surface area contributed by atoms with Crippen molar-refractivity contribution in [2.24, 2.45) is 0 Å². The van der Waals surface area contributed by atoms with Crippen LogP contribution in [0.15, 0.2) is 224 Å². The number of aromatic nitrogens is 3. The average Bonchev–Trinajstić information content (AvgIpc) is 3.40. The van der Waals surface area contributed by atoms with Gasteiger partial charge in [-0.2, -0.15) is 5.26 Å². The van der Waals surface area contributed by atoms with E-state index in [2.05, 4.69) is 144 Å². The molecule has 0 bridgehead atoms. The molecule has 0 saturated carbocycles. The Morgan fingerprint density at radius 2 is 0.848 bits per heavy atom. The number of hydrogen-bond acceptors (Lipinski definition) is 4. The van der Waals surface area contributed by atoms with Crippen molar-refractivity contribution in [1.82, 2.24) is 15.0 Å². The van der Waals surface area contributed by atoms with Crippen molar-refractivity contribution >= 4 is 27.2 Å². The molecule has 5 heteroatoms. The molecule has 1 aromatic heterocycles. The lowest BCUT2D eigenvalue weighted by Gasteiger charge is -2.13. The minimum atomic E-state index is 0.559. The first-order valence-electron chi connectivity index (χ1n) is 21.8. The van der Waals surface area contributed by atoms with Crippen molar-refractivity contribution in [2.45, 2.75) is 0 Å². The second kappa shape index (κ2) is 17.1. The molecule has 11 aromatic rings. The zero-order chi connectivity index (χ0) is 44.4. The molecule has 5 nitrogen and oxygen atoms in total. The van der Waals surface area contributed by atoms with E-state index in [1.807, 2.05) is 91.0 Å². The van der Waals surface area contributed by atoms with Crippen molar-refractivity contribution in [3.63, 3.8) is 0 Å².